The lowest BCUT2D eigenvalue weighted by Gasteiger charge is -2.30. The van der Waals surface area contributed by atoms with Crippen LogP contribution in [0, 0.1) is 5.92 Å². The summed E-state index contributed by atoms with van der Waals surface area (Å²) in [7, 11) is 0. The van der Waals surface area contributed by atoms with E-state index >= 15 is 0 Å². The molecule has 2 N–H and O–H groups in total. The number of carbonyl (C=O) groups excluding carboxylic acids is 1. The summed E-state index contributed by atoms with van der Waals surface area (Å²) in [6, 6.07) is 0.307. The van der Waals surface area contributed by atoms with E-state index in [9.17, 15) is 4.79 Å². The third-order valence-electron chi connectivity index (χ3n) is 3.97. The molecule has 4 heteroatoms. The summed E-state index contributed by atoms with van der Waals surface area (Å²) in [5, 5.41) is 6.45. The van der Waals surface area contributed by atoms with Gasteiger partial charge in [-0.05, 0) is 45.1 Å². The maximum absolute atomic E-state index is 12.0. The molecule has 2 heterocycles. The number of piperidine rings is 1. The fraction of sp³-hybridized carbons (Fsp3) is 0.923. The molecule has 2 atom stereocenters. The number of hydrogen-bond donors (Lipinski definition) is 2. The lowest BCUT2D eigenvalue weighted by Crippen LogP contribution is -2.51. The van der Waals surface area contributed by atoms with Crippen molar-refractivity contribution in [3.63, 3.8) is 0 Å². The van der Waals surface area contributed by atoms with Gasteiger partial charge in [-0.3, -0.25) is 4.79 Å². The first kappa shape index (κ1) is 12.8. The summed E-state index contributed by atoms with van der Waals surface area (Å²) in [6.07, 6.45) is 5.47. The molecule has 4 nitrogen and oxygen atoms in total. The minimum absolute atomic E-state index is 0.0334. The first-order valence-corrected chi connectivity index (χ1v) is 6.89. The van der Waals surface area contributed by atoms with E-state index in [0.29, 0.717) is 5.92 Å². The highest BCUT2D eigenvalue weighted by Crippen LogP contribution is 2.19. The van der Waals surface area contributed by atoms with Crippen molar-refractivity contribution in [2.75, 3.05) is 19.8 Å². The molecule has 0 spiro atoms. The largest absolute Gasteiger partial charge is 0.381 e. The van der Waals surface area contributed by atoms with Crippen LogP contribution in [-0.2, 0) is 9.53 Å². The third kappa shape index (κ3) is 3.68. The first-order chi connectivity index (χ1) is 8.27. The van der Waals surface area contributed by atoms with E-state index in [1.165, 1.54) is 6.42 Å². The number of hydrogen-bond acceptors (Lipinski definition) is 3. The van der Waals surface area contributed by atoms with E-state index in [1.807, 2.05) is 0 Å². The van der Waals surface area contributed by atoms with Crippen molar-refractivity contribution in [1.82, 2.24) is 10.6 Å². The second kappa shape index (κ2) is 6.36. The van der Waals surface area contributed by atoms with E-state index in [2.05, 4.69) is 17.6 Å². The Balaban J connectivity index is 1.76. The number of ether oxygens (including phenoxy) is 1. The molecule has 2 saturated heterocycles. The van der Waals surface area contributed by atoms with Crippen LogP contribution in [0.5, 0.6) is 0 Å². The maximum atomic E-state index is 12.0. The molecule has 2 rings (SSSR count). The molecule has 1 amide bonds. The van der Waals surface area contributed by atoms with Crippen molar-refractivity contribution in [3.8, 4) is 0 Å². The van der Waals surface area contributed by atoms with Gasteiger partial charge >= 0.3 is 0 Å². The van der Waals surface area contributed by atoms with Crippen LogP contribution >= 0.6 is 0 Å². The molecule has 17 heavy (non-hydrogen) atoms. The molecule has 1 unspecified atom stereocenters. The van der Waals surface area contributed by atoms with Gasteiger partial charge in [0.1, 0.15) is 0 Å². The lowest BCUT2D eigenvalue weighted by atomic mass is 9.92. The van der Waals surface area contributed by atoms with Crippen molar-refractivity contribution in [2.24, 2.45) is 5.92 Å². The van der Waals surface area contributed by atoms with Gasteiger partial charge in [0.05, 0.1) is 6.04 Å². The number of rotatable bonds is 3. The van der Waals surface area contributed by atoms with Crippen LogP contribution in [0.15, 0.2) is 0 Å². The van der Waals surface area contributed by atoms with Crippen LogP contribution in [0.25, 0.3) is 0 Å². The van der Waals surface area contributed by atoms with E-state index < -0.39 is 0 Å². The monoisotopic (exact) mass is 240 g/mol. The van der Waals surface area contributed by atoms with E-state index in [0.717, 1.165) is 45.4 Å². The molecule has 0 aromatic rings. The highest BCUT2D eigenvalue weighted by molar-refractivity contribution is 5.82. The van der Waals surface area contributed by atoms with Crippen LogP contribution in [-0.4, -0.2) is 37.7 Å². The zero-order chi connectivity index (χ0) is 12.1. The Morgan fingerprint density at radius 2 is 2.06 bits per heavy atom. The molecule has 0 aliphatic carbocycles. The number of nitrogens with one attached hydrogen (secondary N) is 2. The molecular weight excluding hydrogens is 216 g/mol. The molecule has 2 fully saturated rings. The van der Waals surface area contributed by atoms with Crippen LogP contribution in [0.1, 0.15) is 39.0 Å². The highest BCUT2D eigenvalue weighted by Gasteiger charge is 2.25. The van der Waals surface area contributed by atoms with Crippen molar-refractivity contribution in [2.45, 2.75) is 51.1 Å². The van der Waals surface area contributed by atoms with Gasteiger partial charge in [-0.2, -0.15) is 0 Å². The molecule has 2 aliphatic heterocycles. The van der Waals surface area contributed by atoms with Gasteiger partial charge < -0.3 is 15.4 Å². The van der Waals surface area contributed by atoms with Crippen molar-refractivity contribution in [3.05, 3.63) is 0 Å². The molecular formula is C13H24N2O2. The first-order valence-electron chi connectivity index (χ1n) is 6.89. The minimum Gasteiger partial charge on any atom is -0.381 e. The lowest BCUT2D eigenvalue weighted by molar-refractivity contribution is -0.124. The predicted molar refractivity (Wildman–Crippen MR) is 66.8 cm³/mol. The summed E-state index contributed by atoms with van der Waals surface area (Å²) >= 11 is 0. The molecule has 0 aromatic carbocycles. The Kier molecular flexibility index (Phi) is 4.80. The second-order valence-corrected chi connectivity index (χ2v) is 5.25. The van der Waals surface area contributed by atoms with E-state index in [1.54, 1.807) is 0 Å². The minimum atomic E-state index is 0.0334. The Labute approximate surface area is 103 Å². The topological polar surface area (TPSA) is 50.4 Å². The molecule has 0 radical (unpaired) electrons. The Morgan fingerprint density at radius 3 is 2.71 bits per heavy atom. The van der Waals surface area contributed by atoms with Gasteiger partial charge in [0.25, 0.3) is 0 Å². The normalized spacial score (nSPS) is 28.6. The Bertz CT molecular complexity index is 246. The highest BCUT2D eigenvalue weighted by atomic mass is 16.5. The fourth-order valence-corrected chi connectivity index (χ4v) is 2.73. The Morgan fingerprint density at radius 1 is 1.29 bits per heavy atom. The average molecular weight is 240 g/mol. The summed E-state index contributed by atoms with van der Waals surface area (Å²) in [4.78, 5) is 12.0. The van der Waals surface area contributed by atoms with Gasteiger partial charge in [-0.25, -0.2) is 0 Å². The van der Waals surface area contributed by atoms with Gasteiger partial charge in [-0.1, -0.05) is 6.42 Å². The van der Waals surface area contributed by atoms with Gasteiger partial charge in [0.2, 0.25) is 5.91 Å². The average Bonchev–Trinajstić information content (AvgIpc) is 2.40. The standard InChI is InChI=1S/C13H24N2O2/c1-10(11-5-8-17-9-6-11)15-13(16)12-4-2-3-7-14-12/h10-12,14H,2-9H2,1H3,(H,15,16)/t10?,12-/m0/s1. The van der Waals surface area contributed by atoms with Crippen molar-refractivity contribution < 1.29 is 9.53 Å². The zero-order valence-corrected chi connectivity index (χ0v) is 10.7. The van der Waals surface area contributed by atoms with Crippen LogP contribution in [0.4, 0.5) is 0 Å². The molecule has 98 valence electrons. The smallest absolute Gasteiger partial charge is 0.237 e. The van der Waals surface area contributed by atoms with Crippen molar-refractivity contribution in [1.29, 1.82) is 0 Å². The molecule has 0 bridgehead atoms. The summed E-state index contributed by atoms with van der Waals surface area (Å²) in [5.74, 6) is 0.764. The van der Waals surface area contributed by atoms with Crippen LogP contribution < -0.4 is 10.6 Å². The van der Waals surface area contributed by atoms with Gasteiger partial charge in [-0.15, -0.1) is 0 Å². The predicted octanol–water partition coefficient (Wildman–Crippen LogP) is 1.06. The quantitative estimate of drug-likeness (QED) is 0.775. The zero-order valence-electron chi connectivity index (χ0n) is 10.7. The SMILES string of the molecule is CC(NC(=O)[C@@H]1CCCCN1)C1CCOCC1. The molecule has 2 aliphatic rings. The maximum Gasteiger partial charge on any atom is 0.237 e. The summed E-state index contributed by atoms with van der Waals surface area (Å²) in [5.41, 5.74) is 0. The Hall–Kier alpha value is -0.610. The molecule has 0 saturated carbocycles. The summed E-state index contributed by atoms with van der Waals surface area (Å²) < 4.78 is 5.35. The fourth-order valence-electron chi connectivity index (χ4n) is 2.73. The van der Waals surface area contributed by atoms with E-state index in [-0.39, 0.29) is 18.0 Å². The number of amides is 1. The number of carbonyl (C=O) groups is 1. The van der Waals surface area contributed by atoms with Crippen LogP contribution in [0.3, 0.4) is 0 Å². The summed E-state index contributed by atoms with van der Waals surface area (Å²) in [6.45, 7) is 4.78. The van der Waals surface area contributed by atoms with Gasteiger partial charge in [0.15, 0.2) is 0 Å². The van der Waals surface area contributed by atoms with Crippen molar-refractivity contribution >= 4 is 5.91 Å². The third-order valence-corrected chi connectivity index (χ3v) is 3.97. The second-order valence-electron chi connectivity index (χ2n) is 5.25. The van der Waals surface area contributed by atoms with Crippen LogP contribution in [0.2, 0.25) is 0 Å². The van der Waals surface area contributed by atoms with E-state index in [4.69, 9.17) is 4.74 Å². The molecule has 0 aromatic heterocycles. The van der Waals surface area contributed by atoms with Gasteiger partial charge in [0, 0.05) is 19.3 Å².